The van der Waals surface area contributed by atoms with Crippen molar-refractivity contribution in [2.24, 2.45) is 0 Å². The Hall–Kier alpha value is -1.33. The van der Waals surface area contributed by atoms with Crippen LogP contribution in [-0.2, 0) is 0 Å². The summed E-state index contributed by atoms with van der Waals surface area (Å²) < 4.78 is 1.72. The Balaban J connectivity index is 2.38. The number of anilines is 2. The van der Waals surface area contributed by atoms with Crippen LogP contribution in [0.3, 0.4) is 0 Å². The van der Waals surface area contributed by atoms with Gasteiger partial charge in [0.1, 0.15) is 0 Å². The second kappa shape index (κ2) is 6.41. The van der Waals surface area contributed by atoms with E-state index in [1.165, 1.54) is 0 Å². The molecule has 2 N–H and O–H groups in total. The van der Waals surface area contributed by atoms with Crippen molar-refractivity contribution < 1.29 is 4.79 Å². The number of nitrogens with zero attached hydrogens (tertiary/aromatic N) is 1. The Kier molecular flexibility index (Phi) is 4.83. The molecule has 2 aromatic carbocycles. The lowest BCUT2D eigenvalue weighted by atomic mass is 10.1. The third-order valence-corrected chi connectivity index (χ3v) is 3.77. The van der Waals surface area contributed by atoms with Gasteiger partial charge >= 0.3 is 0 Å². The zero-order chi connectivity index (χ0) is 14.7. The van der Waals surface area contributed by atoms with Gasteiger partial charge in [-0.05, 0) is 43.3 Å². The fourth-order valence-electron chi connectivity index (χ4n) is 1.97. The molecule has 2 aromatic rings. The topological polar surface area (TPSA) is 46.3 Å². The van der Waals surface area contributed by atoms with Gasteiger partial charge in [-0.25, -0.2) is 0 Å². The zero-order valence-corrected chi connectivity index (χ0v) is 14.1. The molecule has 0 fully saturated rings. The third kappa shape index (κ3) is 3.41. The second-order valence-corrected chi connectivity index (χ2v) is 6.13. The second-order valence-electron chi connectivity index (χ2n) is 4.30. The van der Waals surface area contributed by atoms with Gasteiger partial charge < -0.3 is 10.6 Å². The first-order valence-corrected chi connectivity index (χ1v) is 7.73. The van der Waals surface area contributed by atoms with Crippen LogP contribution >= 0.6 is 31.9 Å². The summed E-state index contributed by atoms with van der Waals surface area (Å²) in [5, 5.41) is 0. The van der Waals surface area contributed by atoms with Crippen molar-refractivity contribution in [1.82, 2.24) is 0 Å². The molecule has 0 aliphatic rings. The average Bonchev–Trinajstić information content (AvgIpc) is 2.38. The molecule has 0 bridgehead atoms. The van der Waals surface area contributed by atoms with E-state index in [1.807, 2.05) is 37.3 Å². The Labute approximate surface area is 135 Å². The molecule has 20 heavy (non-hydrogen) atoms. The number of carbonyl (C=O) groups is 1. The van der Waals surface area contributed by atoms with Gasteiger partial charge in [-0.1, -0.05) is 37.9 Å². The zero-order valence-electron chi connectivity index (χ0n) is 10.9. The summed E-state index contributed by atoms with van der Waals surface area (Å²) >= 11 is 6.80. The molecular formula is C15H14Br2N2O. The van der Waals surface area contributed by atoms with Gasteiger partial charge in [0.05, 0.1) is 0 Å². The van der Waals surface area contributed by atoms with Crippen LogP contribution in [0.4, 0.5) is 11.4 Å². The summed E-state index contributed by atoms with van der Waals surface area (Å²) in [6, 6.07) is 12.8. The number of carbonyl (C=O) groups excluding carboxylic acids is 1. The molecule has 0 spiro atoms. The summed E-state index contributed by atoms with van der Waals surface area (Å²) in [4.78, 5) is 14.3. The molecule has 0 saturated carbocycles. The summed E-state index contributed by atoms with van der Waals surface area (Å²) in [6.45, 7) is 2.51. The highest BCUT2D eigenvalue weighted by Crippen LogP contribution is 2.24. The number of rotatable bonds is 3. The van der Waals surface area contributed by atoms with Crippen LogP contribution in [0.1, 0.15) is 17.3 Å². The largest absolute Gasteiger partial charge is 0.399 e. The van der Waals surface area contributed by atoms with E-state index in [-0.39, 0.29) is 5.91 Å². The van der Waals surface area contributed by atoms with Crippen molar-refractivity contribution in [2.75, 3.05) is 17.2 Å². The summed E-state index contributed by atoms with van der Waals surface area (Å²) in [5.41, 5.74) is 7.85. The van der Waals surface area contributed by atoms with Crippen LogP contribution in [0, 0.1) is 0 Å². The molecule has 0 aromatic heterocycles. The molecule has 2 rings (SSSR count). The molecule has 0 heterocycles. The summed E-state index contributed by atoms with van der Waals surface area (Å²) in [5.74, 6) is -0.0555. The molecule has 0 saturated heterocycles. The molecule has 5 heteroatoms. The molecular weight excluding hydrogens is 384 g/mol. The highest BCUT2D eigenvalue weighted by Gasteiger charge is 2.17. The number of amides is 1. The quantitative estimate of drug-likeness (QED) is 0.777. The van der Waals surface area contributed by atoms with Gasteiger partial charge in [0.15, 0.2) is 0 Å². The van der Waals surface area contributed by atoms with E-state index in [2.05, 4.69) is 31.9 Å². The number of benzene rings is 2. The fraction of sp³-hybridized carbons (Fsp3) is 0.133. The highest BCUT2D eigenvalue weighted by atomic mass is 79.9. The Bertz CT molecular complexity index is 623. The van der Waals surface area contributed by atoms with E-state index in [1.54, 1.807) is 17.0 Å². The SMILES string of the molecule is CCN(C(=O)c1cc(Br)cc(Br)c1)c1cccc(N)c1. The number of hydrogen-bond donors (Lipinski definition) is 1. The number of nitrogen functional groups attached to an aromatic ring is 1. The minimum absolute atomic E-state index is 0.0555. The van der Waals surface area contributed by atoms with Gasteiger partial charge in [-0.2, -0.15) is 0 Å². The Morgan fingerprint density at radius 2 is 1.80 bits per heavy atom. The van der Waals surface area contributed by atoms with Crippen LogP contribution < -0.4 is 10.6 Å². The lowest BCUT2D eigenvalue weighted by molar-refractivity contribution is 0.0988. The van der Waals surface area contributed by atoms with Crippen LogP contribution in [-0.4, -0.2) is 12.5 Å². The van der Waals surface area contributed by atoms with Gasteiger partial charge in [0, 0.05) is 32.4 Å². The van der Waals surface area contributed by atoms with Crippen LogP contribution in [0.15, 0.2) is 51.4 Å². The predicted molar refractivity (Wildman–Crippen MR) is 90.0 cm³/mol. The Morgan fingerprint density at radius 3 is 2.35 bits per heavy atom. The van der Waals surface area contributed by atoms with Crippen molar-refractivity contribution in [3.8, 4) is 0 Å². The smallest absolute Gasteiger partial charge is 0.258 e. The average molecular weight is 398 g/mol. The monoisotopic (exact) mass is 396 g/mol. The first-order chi connectivity index (χ1) is 9.51. The van der Waals surface area contributed by atoms with Crippen LogP contribution in [0.2, 0.25) is 0 Å². The molecule has 3 nitrogen and oxygen atoms in total. The molecule has 0 unspecified atom stereocenters. The first-order valence-electron chi connectivity index (χ1n) is 6.14. The van der Waals surface area contributed by atoms with E-state index in [0.29, 0.717) is 17.8 Å². The lowest BCUT2D eigenvalue weighted by Gasteiger charge is -2.21. The highest BCUT2D eigenvalue weighted by molar-refractivity contribution is 9.11. The van der Waals surface area contributed by atoms with Crippen molar-refractivity contribution in [3.63, 3.8) is 0 Å². The molecule has 0 atom stereocenters. The third-order valence-electron chi connectivity index (χ3n) is 2.85. The molecule has 104 valence electrons. The number of nitrogens with two attached hydrogens (primary N) is 1. The van der Waals surface area contributed by atoms with E-state index in [9.17, 15) is 4.79 Å². The van der Waals surface area contributed by atoms with Gasteiger partial charge in [-0.3, -0.25) is 4.79 Å². The molecule has 0 aliphatic heterocycles. The Morgan fingerprint density at radius 1 is 1.15 bits per heavy atom. The van der Waals surface area contributed by atoms with Crippen molar-refractivity contribution >= 4 is 49.1 Å². The van der Waals surface area contributed by atoms with Crippen molar-refractivity contribution in [2.45, 2.75) is 6.92 Å². The molecule has 1 amide bonds. The number of hydrogen-bond acceptors (Lipinski definition) is 2. The predicted octanol–water partition coefficient (Wildman–Crippen LogP) is 4.46. The van der Waals surface area contributed by atoms with Crippen molar-refractivity contribution in [1.29, 1.82) is 0 Å². The van der Waals surface area contributed by atoms with E-state index in [0.717, 1.165) is 14.6 Å². The van der Waals surface area contributed by atoms with Crippen LogP contribution in [0.25, 0.3) is 0 Å². The van der Waals surface area contributed by atoms with Crippen molar-refractivity contribution in [3.05, 3.63) is 57.0 Å². The van der Waals surface area contributed by atoms with Crippen LogP contribution in [0.5, 0.6) is 0 Å². The maximum Gasteiger partial charge on any atom is 0.258 e. The maximum absolute atomic E-state index is 12.6. The minimum Gasteiger partial charge on any atom is -0.399 e. The summed E-state index contributed by atoms with van der Waals surface area (Å²) in [6.07, 6.45) is 0. The molecule has 0 radical (unpaired) electrons. The number of halogens is 2. The first kappa shape index (κ1) is 15.1. The fourth-order valence-corrected chi connectivity index (χ4v) is 3.26. The van der Waals surface area contributed by atoms with Gasteiger partial charge in [0.2, 0.25) is 0 Å². The van der Waals surface area contributed by atoms with E-state index < -0.39 is 0 Å². The molecule has 0 aliphatic carbocycles. The van der Waals surface area contributed by atoms with Gasteiger partial charge in [0.25, 0.3) is 5.91 Å². The normalized spacial score (nSPS) is 10.3. The summed E-state index contributed by atoms with van der Waals surface area (Å²) in [7, 11) is 0. The van der Waals surface area contributed by atoms with E-state index >= 15 is 0 Å². The standard InChI is InChI=1S/C15H14Br2N2O/c1-2-19(14-5-3-4-13(18)9-14)15(20)10-6-11(16)8-12(17)7-10/h3-9H,2,18H2,1H3. The van der Waals surface area contributed by atoms with Gasteiger partial charge in [-0.15, -0.1) is 0 Å². The lowest BCUT2D eigenvalue weighted by Crippen LogP contribution is -2.30. The minimum atomic E-state index is -0.0555. The maximum atomic E-state index is 12.6. The van der Waals surface area contributed by atoms with E-state index in [4.69, 9.17) is 5.73 Å².